The molecule has 0 saturated heterocycles. The highest BCUT2D eigenvalue weighted by atomic mass is 16.3. The second kappa shape index (κ2) is 4.73. The van der Waals surface area contributed by atoms with Crippen LogP contribution in [0.2, 0.25) is 0 Å². The van der Waals surface area contributed by atoms with Crippen molar-refractivity contribution in [2.24, 2.45) is 0 Å². The van der Waals surface area contributed by atoms with E-state index in [1.165, 1.54) is 0 Å². The Labute approximate surface area is 111 Å². The molecule has 0 amide bonds. The van der Waals surface area contributed by atoms with Gasteiger partial charge in [0.25, 0.3) is 0 Å². The second-order valence-corrected chi connectivity index (χ2v) is 4.47. The lowest BCUT2D eigenvalue weighted by Gasteiger charge is -2.04. The molecule has 0 saturated carbocycles. The van der Waals surface area contributed by atoms with Crippen molar-refractivity contribution in [2.45, 2.75) is 13.3 Å². The number of fused-ring (bicyclic) bond motifs is 1. The molecule has 2 nitrogen and oxygen atoms in total. The van der Waals surface area contributed by atoms with Crippen LogP contribution in [0, 0.1) is 0 Å². The number of hydrogen-bond acceptors (Lipinski definition) is 2. The number of ketones is 1. The van der Waals surface area contributed by atoms with Gasteiger partial charge >= 0.3 is 0 Å². The summed E-state index contributed by atoms with van der Waals surface area (Å²) >= 11 is 0. The van der Waals surface area contributed by atoms with Crippen molar-refractivity contribution in [1.29, 1.82) is 0 Å². The minimum Gasteiger partial charge on any atom is -0.456 e. The number of carbonyl (C=O) groups excluding carboxylic acids is 1. The first-order valence-corrected chi connectivity index (χ1v) is 6.41. The van der Waals surface area contributed by atoms with Gasteiger partial charge in [-0.25, -0.2) is 0 Å². The van der Waals surface area contributed by atoms with Gasteiger partial charge in [0.1, 0.15) is 11.3 Å². The molecule has 19 heavy (non-hydrogen) atoms. The van der Waals surface area contributed by atoms with Gasteiger partial charge in [-0.05, 0) is 12.1 Å². The van der Waals surface area contributed by atoms with E-state index >= 15 is 0 Å². The predicted octanol–water partition coefficient (Wildman–Crippen LogP) is 4.69. The van der Waals surface area contributed by atoms with Crippen molar-refractivity contribution >= 4 is 16.8 Å². The summed E-state index contributed by atoms with van der Waals surface area (Å²) < 4.78 is 5.84. The molecule has 0 aliphatic heterocycles. The fourth-order valence-corrected chi connectivity index (χ4v) is 2.25. The van der Waals surface area contributed by atoms with E-state index in [2.05, 4.69) is 0 Å². The van der Waals surface area contributed by atoms with E-state index in [1.807, 2.05) is 61.5 Å². The van der Waals surface area contributed by atoms with Crippen LogP contribution in [0.4, 0.5) is 0 Å². The van der Waals surface area contributed by atoms with E-state index in [0.717, 1.165) is 27.9 Å². The summed E-state index contributed by atoms with van der Waals surface area (Å²) in [7, 11) is 0. The Bertz CT molecular complexity index is 705. The first-order valence-electron chi connectivity index (χ1n) is 6.41. The molecular weight excluding hydrogens is 236 g/mol. The van der Waals surface area contributed by atoms with Gasteiger partial charge in [-0.1, -0.05) is 49.4 Å². The topological polar surface area (TPSA) is 30.2 Å². The van der Waals surface area contributed by atoms with Crippen molar-refractivity contribution in [3.05, 3.63) is 60.2 Å². The third-order valence-electron chi connectivity index (χ3n) is 3.24. The molecule has 0 fully saturated rings. The van der Waals surface area contributed by atoms with Crippen LogP contribution >= 0.6 is 0 Å². The summed E-state index contributed by atoms with van der Waals surface area (Å²) in [5.41, 5.74) is 2.44. The Morgan fingerprint density at radius 3 is 2.58 bits per heavy atom. The van der Waals surface area contributed by atoms with Gasteiger partial charge in [-0.15, -0.1) is 0 Å². The largest absolute Gasteiger partial charge is 0.456 e. The average Bonchev–Trinajstić information content (AvgIpc) is 2.90. The van der Waals surface area contributed by atoms with E-state index < -0.39 is 0 Å². The zero-order chi connectivity index (χ0) is 13.2. The fourth-order valence-electron chi connectivity index (χ4n) is 2.25. The number of hydrogen-bond donors (Lipinski definition) is 0. The molecule has 0 spiro atoms. The van der Waals surface area contributed by atoms with Crippen LogP contribution in [0.3, 0.4) is 0 Å². The molecule has 0 bridgehead atoms. The first kappa shape index (κ1) is 11.7. The highest BCUT2D eigenvalue weighted by Gasteiger charge is 2.13. The van der Waals surface area contributed by atoms with Crippen LogP contribution in [0.15, 0.2) is 59.0 Å². The maximum atomic E-state index is 12.0. The van der Waals surface area contributed by atoms with Crippen LogP contribution in [0.1, 0.15) is 23.7 Å². The van der Waals surface area contributed by atoms with E-state index in [0.29, 0.717) is 6.42 Å². The van der Waals surface area contributed by atoms with Crippen molar-refractivity contribution in [3.63, 3.8) is 0 Å². The third kappa shape index (κ3) is 2.06. The van der Waals surface area contributed by atoms with Crippen molar-refractivity contribution < 1.29 is 9.21 Å². The molecule has 0 radical (unpaired) electrons. The summed E-state index contributed by atoms with van der Waals surface area (Å²) in [6, 6.07) is 17.4. The predicted molar refractivity (Wildman–Crippen MR) is 76.3 cm³/mol. The normalized spacial score (nSPS) is 10.8. The summed E-state index contributed by atoms with van der Waals surface area (Å²) in [5, 5.41) is 1.05. The molecule has 0 unspecified atom stereocenters. The van der Waals surface area contributed by atoms with E-state index in [-0.39, 0.29) is 5.78 Å². The highest BCUT2D eigenvalue weighted by Crippen LogP contribution is 2.30. The molecule has 2 aromatic carbocycles. The van der Waals surface area contributed by atoms with Crippen molar-refractivity contribution in [3.8, 4) is 11.3 Å². The number of furan rings is 1. The van der Waals surface area contributed by atoms with Gasteiger partial charge in [0, 0.05) is 22.9 Å². The van der Waals surface area contributed by atoms with Crippen LogP contribution in [-0.4, -0.2) is 5.78 Å². The van der Waals surface area contributed by atoms with Crippen LogP contribution in [0.25, 0.3) is 22.3 Å². The Kier molecular flexibility index (Phi) is 2.92. The van der Waals surface area contributed by atoms with Gasteiger partial charge in [0.05, 0.1) is 0 Å². The molecule has 0 atom stereocenters. The molecule has 0 aliphatic carbocycles. The first-order chi connectivity index (χ1) is 9.29. The van der Waals surface area contributed by atoms with E-state index in [9.17, 15) is 4.79 Å². The SMILES string of the molecule is CCC(=O)c1ccccc1-c1cc2ccccc2o1. The van der Waals surface area contributed by atoms with Gasteiger partial charge in [-0.2, -0.15) is 0 Å². The standard InChI is InChI=1S/C17H14O2/c1-2-15(18)13-8-4-5-9-14(13)17-11-12-7-3-6-10-16(12)19-17/h3-11H,2H2,1H3. The maximum absolute atomic E-state index is 12.0. The minimum absolute atomic E-state index is 0.135. The molecule has 1 heterocycles. The smallest absolute Gasteiger partial charge is 0.163 e. The average molecular weight is 250 g/mol. The van der Waals surface area contributed by atoms with Gasteiger partial charge < -0.3 is 4.42 Å². The minimum atomic E-state index is 0.135. The number of para-hydroxylation sites is 1. The lowest BCUT2D eigenvalue weighted by atomic mass is 10.0. The number of benzene rings is 2. The fraction of sp³-hybridized carbons (Fsp3) is 0.118. The van der Waals surface area contributed by atoms with Gasteiger partial charge in [0.15, 0.2) is 5.78 Å². The number of carbonyl (C=O) groups is 1. The Morgan fingerprint density at radius 1 is 1.05 bits per heavy atom. The third-order valence-corrected chi connectivity index (χ3v) is 3.24. The van der Waals surface area contributed by atoms with E-state index in [1.54, 1.807) is 0 Å². The summed E-state index contributed by atoms with van der Waals surface area (Å²) in [6.45, 7) is 1.87. The Morgan fingerprint density at radius 2 is 1.79 bits per heavy atom. The van der Waals surface area contributed by atoms with Crippen LogP contribution in [-0.2, 0) is 0 Å². The molecule has 3 aromatic rings. The molecule has 0 N–H and O–H groups in total. The molecule has 94 valence electrons. The maximum Gasteiger partial charge on any atom is 0.163 e. The molecule has 2 heteroatoms. The Balaban J connectivity index is 2.18. The van der Waals surface area contributed by atoms with Crippen molar-refractivity contribution in [1.82, 2.24) is 0 Å². The lowest BCUT2D eigenvalue weighted by molar-refractivity contribution is 0.0988. The molecule has 3 rings (SSSR count). The Hall–Kier alpha value is -2.35. The zero-order valence-electron chi connectivity index (χ0n) is 10.7. The van der Waals surface area contributed by atoms with Gasteiger partial charge in [-0.3, -0.25) is 4.79 Å². The monoisotopic (exact) mass is 250 g/mol. The molecular formula is C17H14O2. The quantitative estimate of drug-likeness (QED) is 0.631. The van der Waals surface area contributed by atoms with Crippen LogP contribution in [0.5, 0.6) is 0 Å². The zero-order valence-corrected chi connectivity index (χ0v) is 10.7. The van der Waals surface area contributed by atoms with Crippen molar-refractivity contribution in [2.75, 3.05) is 0 Å². The summed E-state index contributed by atoms with van der Waals surface area (Å²) in [6.07, 6.45) is 0.497. The highest BCUT2D eigenvalue weighted by molar-refractivity contribution is 6.02. The number of Topliss-reactive ketones (excluding diaryl/α,β-unsaturated/α-hetero) is 1. The molecule has 1 aromatic heterocycles. The summed E-state index contributed by atoms with van der Waals surface area (Å²) in [4.78, 5) is 12.0. The number of rotatable bonds is 3. The van der Waals surface area contributed by atoms with Crippen LogP contribution < -0.4 is 0 Å². The lowest BCUT2D eigenvalue weighted by Crippen LogP contribution is -1.98. The molecule has 0 aliphatic rings. The second-order valence-electron chi connectivity index (χ2n) is 4.47. The summed E-state index contributed by atoms with van der Waals surface area (Å²) in [5.74, 6) is 0.884. The van der Waals surface area contributed by atoms with Gasteiger partial charge in [0.2, 0.25) is 0 Å². The van der Waals surface area contributed by atoms with E-state index in [4.69, 9.17) is 4.42 Å².